The molecule has 2 aromatic carbocycles. The predicted octanol–water partition coefficient (Wildman–Crippen LogP) is 4.72. The molecular weight excluding hydrogens is 282 g/mol. The Labute approximate surface area is 137 Å². The zero-order chi connectivity index (χ0) is 16.1. The highest BCUT2D eigenvalue weighted by molar-refractivity contribution is 6.19. The van der Waals surface area contributed by atoms with Crippen molar-refractivity contribution in [3.63, 3.8) is 0 Å². The van der Waals surface area contributed by atoms with E-state index in [4.69, 9.17) is 0 Å². The van der Waals surface area contributed by atoms with Gasteiger partial charge < -0.3 is 4.90 Å². The van der Waals surface area contributed by atoms with E-state index in [2.05, 4.69) is 27.0 Å². The van der Waals surface area contributed by atoms with E-state index in [1.807, 2.05) is 80.9 Å². The first-order chi connectivity index (χ1) is 11.2. The molecule has 23 heavy (non-hydrogen) atoms. The van der Waals surface area contributed by atoms with Gasteiger partial charge in [0.15, 0.2) is 0 Å². The van der Waals surface area contributed by atoms with Crippen LogP contribution in [0, 0.1) is 0 Å². The van der Waals surface area contributed by atoms with Crippen LogP contribution >= 0.6 is 0 Å². The number of aliphatic imine (C=N–C) groups is 2. The van der Waals surface area contributed by atoms with Crippen LogP contribution in [0.4, 0.5) is 17.1 Å². The fourth-order valence-electron chi connectivity index (χ4n) is 2.23. The van der Waals surface area contributed by atoms with Crippen molar-refractivity contribution in [2.45, 2.75) is 0 Å². The van der Waals surface area contributed by atoms with Gasteiger partial charge >= 0.3 is 0 Å². The second-order valence-electron chi connectivity index (χ2n) is 5.49. The predicted molar refractivity (Wildman–Crippen MR) is 99.7 cm³/mol. The van der Waals surface area contributed by atoms with Crippen LogP contribution in [-0.4, -0.2) is 25.5 Å². The molecule has 0 aliphatic heterocycles. The molecule has 0 unspecified atom stereocenters. The SMILES string of the molecule is CN(C)c1ccc(N=C2C=CC(=Nc3ccccc3)C=C2)cc1. The summed E-state index contributed by atoms with van der Waals surface area (Å²) in [7, 11) is 4.06. The normalized spacial score (nSPS) is 13.1. The van der Waals surface area contributed by atoms with E-state index in [-0.39, 0.29) is 0 Å². The van der Waals surface area contributed by atoms with Gasteiger partial charge in [0.2, 0.25) is 0 Å². The van der Waals surface area contributed by atoms with Crippen molar-refractivity contribution in [2.75, 3.05) is 19.0 Å². The Kier molecular flexibility index (Phi) is 4.48. The van der Waals surface area contributed by atoms with Crippen molar-refractivity contribution >= 4 is 28.5 Å². The number of para-hydroxylation sites is 1. The van der Waals surface area contributed by atoms with Gasteiger partial charge in [0.1, 0.15) is 0 Å². The molecule has 0 fully saturated rings. The van der Waals surface area contributed by atoms with Crippen LogP contribution in [0.1, 0.15) is 0 Å². The van der Waals surface area contributed by atoms with Crippen LogP contribution in [0.2, 0.25) is 0 Å². The number of benzene rings is 2. The molecule has 0 N–H and O–H groups in total. The van der Waals surface area contributed by atoms with E-state index in [0.29, 0.717) is 0 Å². The number of anilines is 1. The Morgan fingerprint density at radius 1 is 0.609 bits per heavy atom. The Hall–Kier alpha value is -2.94. The summed E-state index contributed by atoms with van der Waals surface area (Å²) in [6.45, 7) is 0. The van der Waals surface area contributed by atoms with Crippen molar-refractivity contribution in [1.82, 2.24) is 0 Å². The van der Waals surface area contributed by atoms with E-state index >= 15 is 0 Å². The van der Waals surface area contributed by atoms with Gasteiger partial charge in [-0.25, -0.2) is 9.98 Å². The highest BCUT2D eigenvalue weighted by Gasteiger charge is 2.01. The molecule has 0 saturated carbocycles. The lowest BCUT2D eigenvalue weighted by Crippen LogP contribution is -2.07. The minimum atomic E-state index is 0.926. The standard InChI is InChI=1S/C20H19N3/c1-23(2)20-14-12-19(13-15-20)22-18-10-8-17(9-11-18)21-16-6-4-3-5-7-16/h3-15H,1-2H3. The Bertz CT molecular complexity index is 761. The van der Waals surface area contributed by atoms with E-state index < -0.39 is 0 Å². The lowest BCUT2D eigenvalue weighted by molar-refractivity contribution is 1.13. The molecule has 0 saturated heterocycles. The highest BCUT2D eigenvalue weighted by Crippen LogP contribution is 2.19. The second kappa shape index (κ2) is 6.88. The molecule has 1 aliphatic rings. The van der Waals surface area contributed by atoms with E-state index in [1.54, 1.807) is 0 Å². The van der Waals surface area contributed by atoms with Gasteiger partial charge in [-0.1, -0.05) is 18.2 Å². The third-order valence-electron chi connectivity index (χ3n) is 3.49. The Morgan fingerprint density at radius 3 is 1.57 bits per heavy atom. The molecule has 2 aromatic rings. The molecule has 0 heterocycles. The summed E-state index contributed by atoms with van der Waals surface area (Å²) in [6.07, 6.45) is 7.95. The van der Waals surface area contributed by atoms with Gasteiger partial charge in [-0.3, -0.25) is 0 Å². The van der Waals surface area contributed by atoms with Crippen LogP contribution < -0.4 is 4.90 Å². The number of allylic oxidation sites excluding steroid dienone is 4. The minimum absolute atomic E-state index is 0.926. The lowest BCUT2D eigenvalue weighted by Gasteiger charge is -2.11. The molecule has 3 nitrogen and oxygen atoms in total. The van der Waals surface area contributed by atoms with Crippen molar-refractivity contribution < 1.29 is 0 Å². The summed E-state index contributed by atoms with van der Waals surface area (Å²) < 4.78 is 0. The monoisotopic (exact) mass is 301 g/mol. The first-order valence-electron chi connectivity index (χ1n) is 7.57. The van der Waals surface area contributed by atoms with Crippen molar-refractivity contribution in [2.24, 2.45) is 9.98 Å². The third-order valence-corrected chi connectivity index (χ3v) is 3.49. The van der Waals surface area contributed by atoms with Crippen molar-refractivity contribution in [1.29, 1.82) is 0 Å². The van der Waals surface area contributed by atoms with Gasteiger partial charge in [0.05, 0.1) is 22.8 Å². The summed E-state index contributed by atoms with van der Waals surface area (Å²) in [5, 5.41) is 0. The number of rotatable bonds is 3. The maximum Gasteiger partial charge on any atom is 0.0638 e. The van der Waals surface area contributed by atoms with Crippen LogP contribution in [0.5, 0.6) is 0 Å². The smallest absolute Gasteiger partial charge is 0.0638 e. The molecule has 3 rings (SSSR count). The number of nitrogens with zero attached hydrogens (tertiary/aromatic N) is 3. The average Bonchev–Trinajstić information content (AvgIpc) is 2.58. The average molecular weight is 301 g/mol. The van der Waals surface area contributed by atoms with Crippen molar-refractivity contribution in [3.05, 3.63) is 78.9 Å². The fraction of sp³-hybridized carbons (Fsp3) is 0.100. The van der Waals surface area contributed by atoms with Crippen LogP contribution in [0.3, 0.4) is 0 Å². The summed E-state index contributed by atoms with van der Waals surface area (Å²) in [4.78, 5) is 11.3. The van der Waals surface area contributed by atoms with Gasteiger partial charge in [-0.15, -0.1) is 0 Å². The maximum atomic E-state index is 4.63. The topological polar surface area (TPSA) is 28.0 Å². The minimum Gasteiger partial charge on any atom is -0.378 e. The summed E-state index contributed by atoms with van der Waals surface area (Å²) in [5.41, 5.74) is 4.92. The third kappa shape index (κ3) is 4.04. The Balaban J connectivity index is 1.73. The van der Waals surface area contributed by atoms with Gasteiger partial charge in [0, 0.05) is 19.8 Å². The molecular formula is C20H19N3. The molecule has 0 radical (unpaired) electrons. The first-order valence-corrected chi connectivity index (χ1v) is 7.57. The summed E-state index contributed by atoms with van der Waals surface area (Å²) in [5.74, 6) is 0. The first kappa shape index (κ1) is 15.0. The van der Waals surface area contributed by atoms with E-state index in [0.717, 1.165) is 22.8 Å². The maximum absolute atomic E-state index is 4.63. The molecule has 0 amide bonds. The fourth-order valence-corrected chi connectivity index (χ4v) is 2.23. The summed E-state index contributed by atoms with van der Waals surface area (Å²) >= 11 is 0. The zero-order valence-electron chi connectivity index (χ0n) is 13.3. The van der Waals surface area contributed by atoms with Crippen LogP contribution in [0.25, 0.3) is 0 Å². The lowest BCUT2D eigenvalue weighted by atomic mass is 10.1. The largest absolute Gasteiger partial charge is 0.378 e. The Morgan fingerprint density at radius 2 is 1.09 bits per heavy atom. The summed E-state index contributed by atoms with van der Waals surface area (Å²) in [6, 6.07) is 18.1. The number of hydrogen-bond acceptors (Lipinski definition) is 3. The molecule has 0 spiro atoms. The quantitative estimate of drug-likeness (QED) is 0.754. The van der Waals surface area contributed by atoms with Gasteiger partial charge in [-0.05, 0) is 60.7 Å². The van der Waals surface area contributed by atoms with E-state index in [9.17, 15) is 0 Å². The molecule has 114 valence electrons. The van der Waals surface area contributed by atoms with Crippen molar-refractivity contribution in [3.8, 4) is 0 Å². The van der Waals surface area contributed by atoms with Gasteiger partial charge in [0.25, 0.3) is 0 Å². The van der Waals surface area contributed by atoms with Crippen LogP contribution in [0.15, 0.2) is 88.9 Å². The molecule has 0 aromatic heterocycles. The van der Waals surface area contributed by atoms with Gasteiger partial charge in [-0.2, -0.15) is 0 Å². The van der Waals surface area contributed by atoms with Crippen LogP contribution in [-0.2, 0) is 0 Å². The molecule has 0 atom stereocenters. The van der Waals surface area contributed by atoms with E-state index in [1.165, 1.54) is 5.69 Å². The second-order valence-corrected chi connectivity index (χ2v) is 5.49. The molecule has 0 bridgehead atoms. The zero-order valence-corrected chi connectivity index (χ0v) is 13.3. The molecule has 3 heteroatoms. The highest BCUT2D eigenvalue weighted by atomic mass is 15.1. The number of hydrogen-bond donors (Lipinski definition) is 0. The molecule has 1 aliphatic carbocycles.